The normalized spacial score (nSPS) is 20.2. The Morgan fingerprint density at radius 1 is 1.28 bits per heavy atom. The third kappa shape index (κ3) is 10.4. The van der Waals surface area contributed by atoms with Gasteiger partial charge in [-0.3, -0.25) is 14.4 Å². The van der Waals surface area contributed by atoms with Crippen LogP contribution in [0.15, 0.2) is 42.5 Å². The Bertz CT molecular complexity index is 664. The van der Waals surface area contributed by atoms with Gasteiger partial charge in [-0.2, -0.15) is 0 Å². The van der Waals surface area contributed by atoms with Gasteiger partial charge >= 0.3 is 0 Å². The molecule has 1 fully saturated rings. The van der Waals surface area contributed by atoms with Crippen molar-refractivity contribution in [3.05, 3.63) is 48.0 Å². The highest BCUT2D eigenvalue weighted by molar-refractivity contribution is 5.88. The molecule has 8 heteroatoms. The third-order valence-corrected chi connectivity index (χ3v) is 4.56. The molecule has 8 nitrogen and oxygen atoms in total. The highest BCUT2D eigenvalue weighted by Gasteiger charge is 2.23. The van der Waals surface area contributed by atoms with Crippen molar-refractivity contribution in [2.45, 2.75) is 63.3 Å². The lowest BCUT2D eigenvalue weighted by atomic mass is 10.0. The van der Waals surface area contributed by atoms with Crippen molar-refractivity contribution in [3.8, 4) is 0 Å². The largest absolute Gasteiger partial charge is 0.483 e. The van der Waals surface area contributed by atoms with Gasteiger partial charge in [-0.05, 0) is 44.6 Å². The van der Waals surface area contributed by atoms with Gasteiger partial charge in [0.25, 0.3) is 6.47 Å². The number of amides is 2. The van der Waals surface area contributed by atoms with Gasteiger partial charge in [-0.25, -0.2) is 0 Å². The second-order valence-electron chi connectivity index (χ2n) is 7.06. The van der Waals surface area contributed by atoms with Crippen molar-refractivity contribution >= 4 is 18.3 Å². The molecule has 0 aromatic heterocycles. The van der Waals surface area contributed by atoms with E-state index >= 15 is 0 Å². The van der Waals surface area contributed by atoms with Crippen LogP contribution in [0.3, 0.4) is 0 Å². The summed E-state index contributed by atoms with van der Waals surface area (Å²) in [7, 11) is 0. The Morgan fingerprint density at radius 3 is 2.48 bits per heavy atom. The molecule has 0 radical (unpaired) electrons. The number of carboxylic acid groups (broad SMARTS) is 1. The van der Waals surface area contributed by atoms with Gasteiger partial charge < -0.3 is 26.6 Å². The maximum atomic E-state index is 12.1. The summed E-state index contributed by atoms with van der Waals surface area (Å²) in [6.45, 7) is 1.38. The fourth-order valence-corrected chi connectivity index (χ4v) is 3.04. The van der Waals surface area contributed by atoms with Gasteiger partial charge in [-0.1, -0.05) is 36.4 Å². The summed E-state index contributed by atoms with van der Waals surface area (Å²) in [6.07, 6.45) is 6.41. The number of nitrogens with two attached hydrogens (primary N) is 1. The molecule has 2 amide bonds. The first-order valence-corrected chi connectivity index (χ1v) is 9.70. The van der Waals surface area contributed by atoms with E-state index in [4.69, 9.17) is 15.6 Å². The number of rotatable bonds is 8. The smallest absolute Gasteiger partial charge is 0.290 e. The molecule has 2 rings (SSSR count). The zero-order valence-corrected chi connectivity index (χ0v) is 16.7. The van der Waals surface area contributed by atoms with E-state index in [2.05, 4.69) is 10.6 Å². The average molecular weight is 405 g/mol. The van der Waals surface area contributed by atoms with Crippen LogP contribution in [0.4, 0.5) is 0 Å². The highest BCUT2D eigenvalue weighted by Crippen LogP contribution is 2.18. The van der Waals surface area contributed by atoms with Crippen LogP contribution in [-0.4, -0.2) is 52.7 Å². The predicted molar refractivity (Wildman–Crippen MR) is 110 cm³/mol. The molecule has 6 N–H and O–H groups in total. The van der Waals surface area contributed by atoms with Crippen molar-refractivity contribution in [2.24, 2.45) is 5.73 Å². The van der Waals surface area contributed by atoms with Crippen LogP contribution >= 0.6 is 0 Å². The quantitative estimate of drug-likeness (QED) is 0.319. The minimum atomic E-state index is -0.601. The molecule has 160 valence electrons. The average Bonchev–Trinajstić information content (AvgIpc) is 3.09. The van der Waals surface area contributed by atoms with Crippen LogP contribution in [0.2, 0.25) is 0 Å². The lowest BCUT2D eigenvalue weighted by molar-refractivity contribution is -0.123. The van der Waals surface area contributed by atoms with E-state index in [1.165, 1.54) is 11.6 Å². The van der Waals surface area contributed by atoms with E-state index < -0.39 is 6.04 Å². The maximum absolute atomic E-state index is 12.1. The summed E-state index contributed by atoms with van der Waals surface area (Å²) in [5.41, 5.74) is 6.80. The Balaban J connectivity index is 0.00000132. The van der Waals surface area contributed by atoms with Crippen molar-refractivity contribution < 1.29 is 24.6 Å². The molecule has 0 unspecified atom stereocenters. The minimum absolute atomic E-state index is 0.0172. The number of aliphatic hydroxyl groups is 1. The Hall–Kier alpha value is -2.71. The lowest BCUT2D eigenvalue weighted by Crippen LogP contribution is -2.43. The summed E-state index contributed by atoms with van der Waals surface area (Å²) in [4.78, 5) is 32.4. The standard InChI is InChI=1S/C20H29N3O3.CH2O2/c1-14(21)20(26)23-16(8-7-15-5-3-2-4-6-15)10-12-19(25)22-17-9-11-18(24)13-17;2-1-3/h2-6,10,12,14,16-18,24H,7-9,11,13,21H2,1H3,(H,22,25)(H,23,26);1H,(H,2,3)/b12-10+;/t14-,16-,17+,18-;/m0./s1. The first kappa shape index (κ1) is 24.3. The van der Waals surface area contributed by atoms with E-state index in [9.17, 15) is 14.7 Å². The Morgan fingerprint density at radius 2 is 1.93 bits per heavy atom. The first-order valence-electron chi connectivity index (χ1n) is 9.70. The van der Waals surface area contributed by atoms with Gasteiger partial charge in [-0.15, -0.1) is 0 Å². The van der Waals surface area contributed by atoms with Crippen LogP contribution in [0.5, 0.6) is 0 Å². The second kappa shape index (κ2) is 13.5. The van der Waals surface area contributed by atoms with Gasteiger partial charge in [0.05, 0.1) is 12.1 Å². The van der Waals surface area contributed by atoms with Crippen LogP contribution < -0.4 is 16.4 Å². The fraction of sp³-hybridized carbons (Fsp3) is 0.476. The monoisotopic (exact) mass is 405 g/mol. The van der Waals surface area contributed by atoms with Gasteiger partial charge in [0, 0.05) is 18.2 Å². The fourth-order valence-electron chi connectivity index (χ4n) is 3.04. The molecule has 0 bridgehead atoms. The van der Waals surface area contributed by atoms with E-state index in [-0.39, 0.29) is 36.5 Å². The third-order valence-electron chi connectivity index (χ3n) is 4.56. The molecule has 0 spiro atoms. The number of carbonyl (C=O) groups excluding carboxylic acids is 2. The van der Waals surface area contributed by atoms with E-state index in [0.29, 0.717) is 12.8 Å². The minimum Gasteiger partial charge on any atom is -0.483 e. The second-order valence-corrected chi connectivity index (χ2v) is 7.06. The molecule has 29 heavy (non-hydrogen) atoms. The van der Waals surface area contributed by atoms with Crippen molar-refractivity contribution in [2.75, 3.05) is 0 Å². The first-order chi connectivity index (χ1) is 13.8. The number of hydrogen-bond donors (Lipinski definition) is 5. The van der Waals surface area contributed by atoms with E-state index in [1.54, 1.807) is 13.0 Å². The zero-order chi connectivity index (χ0) is 21.6. The summed E-state index contributed by atoms with van der Waals surface area (Å²) in [6, 6.07) is 9.13. The molecule has 0 saturated heterocycles. The predicted octanol–water partition coefficient (Wildman–Crippen LogP) is 0.738. The number of carbonyl (C=O) groups is 3. The van der Waals surface area contributed by atoms with Crippen LogP contribution in [-0.2, 0) is 20.8 Å². The van der Waals surface area contributed by atoms with Crippen LogP contribution in [0, 0.1) is 0 Å². The summed E-state index contributed by atoms with van der Waals surface area (Å²) in [5.74, 6) is -0.448. The van der Waals surface area contributed by atoms with Crippen molar-refractivity contribution in [3.63, 3.8) is 0 Å². The van der Waals surface area contributed by atoms with E-state index in [1.807, 2.05) is 30.3 Å². The molecule has 1 aromatic carbocycles. The lowest BCUT2D eigenvalue weighted by Gasteiger charge is -2.17. The molecular formula is C21H31N3O5. The molecule has 1 aliphatic rings. The molecule has 1 saturated carbocycles. The summed E-state index contributed by atoms with van der Waals surface area (Å²) >= 11 is 0. The zero-order valence-electron chi connectivity index (χ0n) is 16.7. The molecule has 1 aliphatic carbocycles. The molecule has 1 aromatic rings. The molecule has 4 atom stereocenters. The van der Waals surface area contributed by atoms with Gasteiger partial charge in [0.2, 0.25) is 11.8 Å². The number of aliphatic hydroxyl groups excluding tert-OH is 1. The number of aryl methyl sites for hydroxylation is 1. The van der Waals surface area contributed by atoms with E-state index in [0.717, 1.165) is 19.3 Å². The molecule has 0 aliphatic heterocycles. The Kier molecular flexibility index (Phi) is 11.3. The molecule has 0 heterocycles. The maximum Gasteiger partial charge on any atom is 0.290 e. The SMILES string of the molecule is C[C@H](N)C(=O)N[C@H](/C=C/C(=O)N[C@@H]1CC[C@H](O)C1)CCc1ccccc1.O=CO. The highest BCUT2D eigenvalue weighted by atomic mass is 16.3. The summed E-state index contributed by atoms with van der Waals surface area (Å²) in [5, 5.41) is 22.2. The molecular weight excluding hydrogens is 374 g/mol. The van der Waals surface area contributed by atoms with Crippen molar-refractivity contribution in [1.82, 2.24) is 10.6 Å². The van der Waals surface area contributed by atoms with Gasteiger partial charge in [0.15, 0.2) is 0 Å². The number of benzene rings is 1. The Labute approximate surface area is 171 Å². The van der Waals surface area contributed by atoms with Gasteiger partial charge in [0.1, 0.15) is 0 Å². The topological polar surface area (TPSA) is 142 Å². The summed E-state index contributed by atoms with van der Waals surface area (Å²) < 4.78 is 0. The van der Waals surface area contributed by atoms with Crippen LogP contribution in [0.1, 0.15) is 38.2 Å². The van der Waals surface area contributed by atoms with Crippen molar-refractivity contribution in [1.29, 1.82) is 0 Å². The number of nitrogens with one attached hydrogen (secondary N) is 2. The number of hydrogen-bond acceptors (Lipinski definition) is 5. The van der Waals surface area contributed by atoms with Crippen LogP contribution in [0.25, 0.3) is 0 Å².